The molecule has 4 aromatic rings. The quantitative estimate of drug-likeness (QED) is 0.295. The van der Waals surface area contributed by atoms with Gasteiger partial charge >= 0.3 is 0 Å². The van der Waals surface area contributed by atoms with Gasteiger partial charge < -0.3 is 10.7 Å². The molecule has 5 rings (SSSR count). The van der Waals surface area contributed by atoms with Crippen molar-refractivity contribution in [1.82, 2.24) is 14.2 Å². The summed E-state index contributed by atoms with van der Waals surface area (Å²) in [5.74, 6) is -0.116. The second kappa shape index (κ2) is 10.7. The van der Waals surface area contributed by atoms with Crippen molar-refractivity contribution in [3.8, 4) is 11.1 Å². The molecule has 196 valence electrons. The summed E-state index contributed by atoms with van der Waals surface area (Å²) in [6, 6.07) is 8.37. The maximum Gasteiger partial charge on any atom is 0.250 e. The van der Waals surface area contributed by atoms with Gasteiger partial charge in [0.05, 0.1) is 16.8 Å². The van der Waals surface area contributed by atoms with Gasteiger partial charge in [-0.05, 0) is 95.4 Å². The van der Waals surface area contributed by atoms with Crippen molar-refractivity contribution in [2.75, 3.05) is 25.9 Å². The Hall–Kier alpha value is -2.50. The van der Waals surface area contributed by atoms with E-state index in [0.717, 1.165) is 53.5 Å². The zero-order valence-corrected chi connectivity index (χ0v) is 23.5. The van der Waals surface area contributed by atoms with Crippen LogP contribution in [0.25, 0.3) is 22.0 Å². The van der Waals surface area contributed by atoms with E-state index in [0.29, 0.717) is 18.7 Å². The lowest BCUT2D eigenvalue weighted by atomic mass is 9.88. The van der Waals surface area contributed by atoms with Gasteiger partial charge in [0.25, 0.3) is 5.91 Å². The first-order valence-corrected chi connectivity index (χ1v) is 15.9. The predicted octanol–water partition coefficient (Wildman–Crippen LogP) is 5.22. The molecule has 37 heavy (non-hydrogen) atoms. The average Bonchev–Trinajstić information content (AvgIpc) is 3.65. The molecular weight excluding hydrogens is 525 g/mol. The maximum atomic E-state index is 12.4. The minimum atomic E-state index is -3.18. The Morgan fingerprint density at radius 2 is 1.95 bits per heavy atom. The van der Waals surface area contributed by atoms with Crippen LogP contribution in [0.15, 0.2) is 46.6 Å². The van der Waals surface area contributed by atoms with Crippen LogP contribution < -0.4 is 5.73 Å². The minimum absolute atomic E-state index is 0.127. The number of nitrogens with two attached hydrogens (primary N) is 1. The van der Waals surface area contributed by atoms with Gasteiger partial charge in [-0.1, -0.05) is 0 Å². The van der Waals surface area contributed by atoms with Crippen LogP contribution in [0.3, 0.4) is 0 Å². The predicted molar refractivity (Wildman–Crippen MR) is 153 cm³/mol. The molecule has 1 aromatic carbocycles. The zero-order chi connectivity index (χ0) is 26.2. The van der Waals surface area contributed by atoms with Gasteiger partial charge in [0.15, 0.2) is 0 Å². The third-order valence-electron chi connectivity index (χ3n) is 7.18. The van der Waals surface area contributed by atoms with Crippen molar-refractivity contribution in [3.63, 3.8) is 0 Å². The number of hydrogen-bond acceptors (Lipinski definition) is 6. The highest BCUT2D eigenvalue weighted by atomic mass is 32.2. The molecule has 1 saturated heterocycles. The lowest BCUT2D eigenvalue weighted by Crippen LogP contribution is -2.38. The number of amides is 1. The van der Waals surface area contributed by atoms with E-state index in [2.05, 4.69) is 51.3 Å². The standard InChI is InChI=1S/C27H32N4O3S3/c1-3-37(33,34)31-7-4-19(5-8-31)25-13-29-26-23(25)11-20(12-24(26)27(28)32)21-10-22(36-17-21)15-30(2)14-18-6-9-35-16-18/h6,9-13,16-17,19,29H,3-5,7-8,14-15H2,1-2H3,(H2,28,32). The number of aromatic nitrogens is 1. The molecular formula is C27H32N4O3S3. The molecule has 0 radical (unpaired) electrons. The fourth-order valence-electron chi connectivity index (χ4n) is 5.21. The van der Waals surface area contributed by atoms with Gasteiger partial charge in [-0.2, -0.15) is 11.3 Å². The number of carbonyl (C=O) groups excluding carboxylic acids is 1. The lowest BCUT2D eigenvalue weighted by molar-refractivity contribution is 0.100. The summed E-state index contributed by atoms with van der Waals surface area (Å²) >= 11 is 3.43. The van der Waals surface area contributed by atoms with Gasteiger partial charge in [-0.25, -0.2) is 12.7 Å². The monoisotopic (exact) mass is 556 g/mol. The maximum absolute atomic E-state index is 12.4. The zero-order valence-electron chi connectivity index (χ0n) is 21.1. The van der Waals surface area contributed by atoms with E-state index in [1.807, 2.05) is 12.3 Å². The Kier molecular flexibility index (Phi) is 7.56. The van der Waals surface area contributed by atoms with E-state index in [1.165, 1.54) is 10.4 Å². The molecule has 1 aliphatic rings. The van der Waals surface area contributed by atoms with Crippen molar-refractivity contribution in [2.24, 2.45) is 5.73 Å². The van der Waals surface area contributed by atoms with Gasteiger partial charge in [-0.3, -0.25) is 9.69 Å². The average molecular weight is 557 g/mol. The summed E-state index contributed by atoms with van der Waals surface area (Å²) in [5, 5.41) is 7.41. The molecule has 3 aromatic heterocycles. The Morgan fingerprint density at radius 3 is 2.62 bits per heavy atom. The number of carbonyl (C=O) groups is 1. The number of thiophene rings is 2. The summed E-state index contributed by atoms with van der Waals surface area (Å²) < 4.78 is 26.2. The molecule has 10 heteroatoms. The summed E-state index contributed by atoms with van der Waals surface area (Å²) in [7, 11) is -1.05. The van der Waals surface area contributed by atoms with Crippen LogP contribution in [-0.2, 0) is 23.1 Å². The first-order chi connectivity index (χ1) is 17.7. The van der Waals surface area contributed by atoms with Crippen LogP contribution in [-0.4, -0.2) is 54.4 Å². The van der Waals surface area contributed by atoms with Crippen molar-refractivity contribution in [1.29, 1.82) is 0 Å². The molecule has 0 atom stereocenters. The van der Waals surface area contributed by atoms with Crippen LogP contribution >= 0.6 is 22.7 Å². The number of fused-ring (bicyclic) bond motifs is 1. The molecule has 0 aliphatic carbocycles. The first kappa shape index (κ1) is 26.1. The van der Waals surface area contributed by atoms with Crippen LogP contribution in [0.2, 0.25) is 0 Å². The van der Waals surface area contributed by atoms with Gasteiger partial charge in [0, 0.05) is 42.6 Å². The second-order valence-electron chi connectivity index (χ2n) is 9.73. The van der Waals surface area contributed by atoms with Gasteiger partial charge in [0.2, 0.25) is 10.0 Å². The van der Waals surface area contributed by atoms with Crippen molar-refractivity contribution in [3.05, 3.63) is 68.2 Å². The number of benzene rings is 1. The molecule has 1 aliphatic heterocycles. The van der Waals surface area contributed by atoms with E-state index in [-0.39, 0.29) is 11.7 Å². The van der Waals surface area contributed by atoms with Crippen molar-refractivity contribution < 1.29 is 13.2 Å². The summed E-state index contributed by atoms with van der Waals surface area (Å²) in [5.41, 5.74) is 11.5. The number of sulfonamides is 1. The smallest absolute Gasteiger partial charge is 0.250 e. The molecule has 1 fully saturated rings. The fraction of sp³-hybridized carbons (Fsp3) is 0.370. The second-order valence-corrected chi connectivity index (χ2v) is 13.8. The number of H-pyrrole nitrogens is 1. The van der Waals surface area contributed by atoms with Crippen LogP contribution in [0.1, 0.15) is 52.0 Å². The van der Waals surface area contributed by atoms with Crippen molar-refractivity contribution >= 4 is 49.5 Å². The van der Waals surface area contributed by atoms with Gasteiger partial charge in [0.1, 0.15) is 0 Å². The molecule has 0 saturated carbocycles. The van der Waals surface area contributed by atoms with E-state index < -0.39 is 15.9 Å². The van der Waals surface area contributed by atoms with E-state index in [1.54, 1.807) is 33.9 Å². The Morgan fingerprint density at radius 1 is 1.16 bits per heavy atom. The molecule has 0 spiro atoms. The molecule has 0 bridgehead atoms. The number of hydrogen-bond donors (Lipinski definition) is 2. The molecule has 7 nitrogen and oxygen atoms in total. The highest BCUT2D eigenvalue weighted by Gasteiger charge is 2.29. The largest absolute Gasteiger partial charge is 0.366 e. The van der Waals surface area contributed by atoms with Crippen LogP contribution in [0.4, 0.5) is 0 Å². The number of nitrogens with one attached hydrogen (secondary N) is 1. The Balaban J connectivity index is 1.41. The minimum Gasteiger partial charge on any atom is -0.366 e. The molecule has 3 N–H and O–H groups in total. The normalized spacial score (nSPS) is 15.6. The number of primary amides is 1. The lowest BCUT2D eigenvalue weighted by Gasteiger charge is -2.31. The first-order valence-electron chi connectivity index (χ1n) is 12.4. The fourth-order valence-corrected chi connectivity index (χ4v) is 7.97. The SMILES string of the molecule is CCS(=O)(=O)N1CCC(c2c[nH]c3c(C(N)=O)cc(-c4csc(CN(C)Cc5ccsc5)c4)cc23)CC1. The van der Waals surface area contributed by atoms with E-state index in [9.17, 15) is 13.2 Å². The van der Waals surface area contributed by atoms with Crippen molar-refractivity contribution in [2.45, 2.75) is 38.8 Å². The number of rotatable bonds is 9. The summed E-state index contributed by atoms with van der Waals surface area (Å²) in [6.45, 7) is 4.47. The van der Waals surface area contributed by atoms with Crippen LogP contribution in [0, 0.1) is 0 Å². The van der Waals surface area contributed by atoms with Crippen LogP contribution in [0.5, 0.6) is 0 Å². The highest BCUT2D eigenvalue weighted by Crippen LogP contribution is 2.38. The highest BCUT2D eigenvalue weighted by molar-refractivity contribution is 7.89. The number of piperidine rings is 1. The van der Waals surface area contributed by atoms with Gasteiger partial charge in [-0.15, -0.1) is 11.3 Å². The summed E-state index contributed by atoms with van der Waals surface area (Å²) in [6.07, 6.45) is 3.47. The van der Waals surface area contributed by atoms with E-state index in [4.69, 9.17) is 5.73 Å². The Labute approximate surface area is 226 Å². The molecule has 4 heterocycles. The third kappa shape index (κ3) is 5.53. The topological polar surface area (TPSA) is 99.5 Å². The number of nitrogens with zero attached hydrogens (tertiary/aromatic N) is 2. The summed E-state index contributed by atoms with van der Waals surface area (Å²) in [4.78, 5) is 19.2. The third-order valence-corrected chi connectivity index (χ3v) is 10.7. The Bertz CT molecular complexity index is 1500. The van der Waals surface area contributed by atoms with E-state index >= 15 is 0 Å². The molecule has 0 unspecified atom stereocenters. The molecule has 1 amide bonds. The number of aromatic amines is 1.